The van der Waals surface area contributed by atoms with Crippen LogP contribution in [0.1, 0.15) is 28.2 Å². The summed E-state index contributed by atoms with van der Waals surface area (Å²) in [5.74, 6) is -3.30. The Morgan fingerprint density at radius 3 is 2.55 bits per heavy atom. The number of nitrogens with one attached hydrogen (secondary N) is 1. The number of carboxylic acids is 1. The van der Waals surface area contributed by atoms with E-state index in [9.17, 15) is 19.5 Å². The van der Waals surface area contributed by atoms with E-state index < -0.39 is 29.7 Å². The molecule has 0 spiro atoms. The average molecular weight is 324 g/mol. The van der Waals surface area contributed by atoms with Crippen molar-refractivity contribution in [2.45, 2.75) is 19.8 Å². The summed E-state index contributed by atoms with van der Waals surface area (Å²) in [6.07, 6.45) is 4.27. The number of aryl methyl sites for hydroxylation is 1. The predicted octanol–water partition coefficient (Wildman–Crippen LogP) is 1.84. The van der Waals surface area contributed by atoms with Gasteiger partial charge in [-0.05, 0) is 19.8 Å². The van der Waals surface area contributed by atoms with Crippen molar-refractivity contribution in [2.75, 3.05) is 12.4 Å². The van der Waals surface area contributed by atoms with E-state index in [0.717, 1.165) is 11.3 Å². The van der Waals surface area contributed by atoms with Gasteiger partial charge in [-0.1, -0.05) is 23.5 Å². The predicted molar refractivity (Wildman–Crippen MR) is 79.8 cm³/mol. The first-order valence-electron chi connectivity index (χ1n) is 6.68. The van der Waals surface area contributed by atoms with Crippen LogP contribution in [0, 0.1) is 18.8 Å². The van der Waals surface area contributed by atoms with Crippen LogP contribution in [0.5, 0.6) is 0 Å². The van der Waals surface area contributed by atoms with Crippen molar-refractivity contribution in [1.29, 1.82) is 0 Å². The van der Waals surface area contributed by atoms with Gasteiger partial charge < -0.3 is 15.2 Å². The Kier molecular flexibility index (Phi) is 4.92. The number of allylic oxidation sites excluding steroid dienone is 2. The molecular weight excluding hydrogens is 308 g/mol. The molecule has 2 atom stereocenters. The van der Waals surface area contributed by atoms with Crippen molar-refractivity contribution in [3.05, 3.63) is 22.7 Å². The van der Waals surface area contributed by atoms with Gasteiger partial charge in [0.1, 0.15) is 4.88 Å². The molecule has 1 aromatic heterocycles. The van der Waals surface area contributed by atoms with Crippen LogP contribution in [0.2, 0.25) is 0 Å². The largest absolute Gasteiger partial charge is 0.481 e. The van der Waals surface area contributed by atoms with Gasteiger partial charge in [-0.2, -0.15) is 0 Å². The van der Waals surface area contributed by atoms with Crippen LogP contribution in [0.4, 0.5) is 5.13 Å². The first kappa shape index (κ1) is 16.2. The normalized spacial score (nSPS) is 20.5. The number of aliphatic carboxylic acids is 1. The zero-order chi connectivity index (χ0) is 16.3. The number of aromatic nitrogens is 1. The fraction of sp³-hybridized carbons (Fsp3) is 0.429. The molecule has 1 amide bonds. The maximum absolute atomic E-state index is 12.3. The fourth-order valence-electron chi connectivity index (χ4n) is 2.31. The minimum absolute atomic E-state index is 0.265. The highest BCUT2D eigenvalue weighted by Crippen LogP contribution is 2.29. The molecular formula is C14H16N2O5S. The topological polar surface area (TPSA) is 106 Å². The Morgan fingerprint density at radius 1 is 1.32 bits per heavy atom. The van der Waals surface area contributed by atoms with E-state index in [1.165, 1.54) is 7.11 Å². The standard InChI is InChI=1S/C14H16N2O5S/c1-7-10(13(20)21-2)22-14(15-7)16-11(17)8-5-3-4-6-9(8)12(18)19/h3-4,8-9H,5-6H2,1-2H3,(H,18,19)(H,15,16,17)/t8-,9-/m1/s1. The molecule has 0 aromatic carbocycles. The molecule has 0 unspecified atom stereocenters. The van der Waals surface area contributed by atoms with Crippen molar-refractivity contribution in [1.82, 2.24) is 4.98 Å². The highest BCUT2D eigenvalue weighted by atomic mass is 32.1. The van der Waals surface area contributed by atoms with Gasteiger partial charge in [-0.3, -0.25) is 9.59 Å². The van der Waals surface area contributed by atoms with Gasteiger partial charge in [-0.25, -0.2) is 9.78 Å². The lowest BCUT2D eigenvalue weighted by Crippen LogP contribution is -2.34. The van der Waals surface area contributed by atoms with Crippen LogP contribution in [-0.2, 0) is 14.3 Å². The number of carbonyl (C=O) groups excluding carboxylic acids is 2. The van der Waals surface area contributed by atoms with Gasteiger partial charge in [0.2, 0.25) is 5.91 Å². The van der Waals surface area contributed by atoms with E-state index in [4.69, 9.17) is 0 Å². The average Bonchev–Trinajstić information content (AvgIpc) is 2.86. The number of esters is 1. The number of carbonyl (C=O) groups is 3. The van der Waals surface area contributed by atoms with Gasteiger partial charge in [0, 0.05) is 0 Å². The number of nitrogens with zero attached hydrogens (tertiary/aromatic N) is 1. The lowest BCUT2D eigenvalue weighted by Gasteiger charge is -2.23. The lowest BCUT2D eigenvalue weighted by molar-refractivity contribution is -0.146. The maximum atomic E-state index is 12.3. The number of rotatable bonds is 4. The van der Waals surface area contributed by atoms with Crippen LogP contribution in [0.15, 0.2) is 12.2 Å². The minimum atomic E-state index is -0.991. The number of carboxylic acid groups (broad SMARTS) is 1. The van der Waals surface area contributed by atoms with Crippen LogP contribution >= 0.6 is 11.3 Å². The zero-order valence-corrected chi connectivity index (χ0v) is 13.0. The third-order valence-electron chi connectivity index (χ3n) is 3.48. The van der Waals surface area contributed by atoms with E-state index >= 15 is 0 Å². The molecule has 0 bridgehead atoms. The van der Waals surface area contributed by atoms with Crippen molar-refractivity contribution in [3.63, 3.8) is 0 Å². The monoisotopic (exact) mass is 324 g/mol. The number of ether oxygens (including phenoxy) is 1. The second-order valence-electron chi connectivity index (χ2n) is 4.91. The molecule has 1 aromatic rings. The number of hydrogen-bond donors (Lipinski definition) is 2. The Balaban J connectivity index is 2.13. The number of thiazole rings is 1. The van der Waals surface area contributed by atoms with Crippen molar-refractivity contribution in [3.8, 4) is 0 Å². The third-order valence-corrected chi connectivity index (χ3v) is 4.54. The van der Waals surface area contributed by atoms with Crippen molar-refractivity contribution < 1.29 is 24.2 Å². The second-order valence-corrected chi connectivity index (χ2v) is 5.91. The molecule has 0 radical (unpaired) electrons. The zero-order valence-electron chi connectivity index (χ0n) is 12.2. The highest BCUT2D eigenvalue weighted by molar-refractivity contribution is 7.17. The van der Waals surface area contributed by atoms with E-state index in [0.29, 0.717) is 23.4 Å². The molecule has 1 aliphatic rings. The molecule has 1 aliphatic carbocycles. The SMILES string of the molecule is COC(=O)c1sc(NC(=O)[C@@H]2CC=CC[C@H]2C(=O)O)nc1C. The smallest absolute Gasteiger partial charge is 0.350 e. The minimum Gasteiger partial charge on any atom is -0.481 e. The van der Waals surface area contributed by atoms with Crippen LogP contribution < -0.4 is 5.32 Å². The molecule has 0 fully saturated rings. The van der Waals surface area contributed by atoms with E-state index in [-0.39, 0.29) is 5.13 Å². The molecule has 7 nitrogen and oxygen atoms in total. The van der Waals surface area contributed by atoms with Gasteiger partial charge in [0.25, 0.3) is 0 Å². The van der Waals surface area contributed by atoms with E-state index in [1.54, 1.807) is 19.1 Å². The van der Waals surface area contributed by atoms with Gasteiger partial charge in [0.05, 0.1) is 24.6 Å². The first-order chi connectivity index (χ1) is 10.4. The van der Waals surface area contributed by atoms with Crippen LogP contribution in [0.25, 0.3) is 0 Å². The second kappa shape index (κ2) is 6.69. The summed E-state index contributed by atoms with van der Waals surface area (Å²) in [5, 5.41) is 12.1. The van der Waals surface area contributed by atoms with Crippen molar-refractivity contribution >= 4 is 34.3 Å². The first-order valence-corrected chi connectivity index (χ1v) is 7.50. The third kappa shape index (κ3) is 3.33. The van der Waals surface area contributed by atoms with Crippen LogP contribution in [0.3, 0.4) is 0 Å². The number of hydrogen-bond acceptors (Lipinski definition) is 6. The Bertz CT molecular complexity index is 637. The van der Waals surface area contributed by atoms with Crippen LogP contribution in [-0.4, -0.2) is 35.0 Å². The summed E-state index contributed by atoms with van der Waals surface area (Å²) >= 11 is 1.01. The Labute approximate surface area is 131 Å². The van der Waals surface area contributed by atoms with Gasteiger partial charge in [0.15, 0.2) is 5.13 Å². The maximum Gasteiger partial charge on any atom is 0.350 e. The molecule has 1 heterocycles. The molecule has 22 heavy (non-hydrogen) atoms. The molecule has 0 saturated heterocycles. The van der Waals surface area contributed by atoms with E-state index in [2.05, 4.69) is 15.0 Å². The number of amides is 1. The molecule has 8 heteroatoms. The van der Waals surface area contributed by atoms with Gasteiger partial charge >= 0.3 is 11.9 Å². The fourth-order valence-corrected chi connectivity index (χ4v) is 3.19. The van der Waals surface area contributed by atoms with Gasteiger partial charge in [-0.15, -0.1) is 0 Å². The Morgan fingerprint density at radius 2 is 1.95 bits per heavy atom. The quantitative estimate of drug-likeness (QED) is 0.647. The summed E-state index contributed by atoms with van der Waals surface area (Å²) in [4.78, 5) is 39.5. The van der Waals surface area contributed by atoms with E-state index in [1.807, 2.05) is 0 Å². The number of anilines is 1. The molecule has 0 aliphatic heterocycles. The molecule has 0 saturated carbocycles. The lowest BCUT2D eigenvalue weighted by atomic mass is 9.82. The summed E-state index contributed by atoms with van der Waals surface area (Å²) in [5.41, 5.74) is 0.463. The molecule has 2 N–H and O–H groups in total. The summed E-state index contributed by atoms with van der Waals surface area (Å²) in [6, 6.07) is 0. The summed E-state index contributed by atoms with van der Waals surface area (Å²) < 4.78 is 4.63. The number of methoxy groups -OCH3 is 1. The van der Waals surface area contributed by atoms with Crippen molar-refractivity contribution in [2.24, 2.45) is 11.8 Å². The highest BCUT2D eigenvalue weighted by Gasteiger charge is 2.34. The summed E-state index contributed by atoms with van der Waals surface area (Å²) in [6.45, 7) is 1.64. The Hall–Kier alpha value is -2.22. The summed E-state index contributed by atoms with van der Waals surface area (Å²) in [7, 11) is 1.27. The molecule has 2 rings (SSSR count). The molecule has 118 valence electrons.